The third-order valence-corrected chi connectivity index (χ3v) is 4.94. The molecule has 0 bridgehead atoms. The molecule has 6 nitrogen and oxygen atoms in total. The molecule has 1 aromatic heterocycles. The van der Waals surface area contributed by atoms with Gasteiger partial charge in [-0.25, -0.2) is 8.78 Å². The van der Waals surface area contributed by atoms with Crippen LogP contribution in [0.15, 0.2) is 36.4 Å². The van der Waals surface area contributed by atoms with Crippen molar-refractivity contribution in [1.29, 1.82) is 0 Å². The van der Waals surface area contributed by atoms with Crippen LogP contribution in [-0.4, -0.2) is 40.7 Å². The average Bonchev–Trinajstić information content (AvgIpc) is 3.04. The van der Waals surface area contributed by atoms with E-state index in [1.807, 2.05) is 30.3 Å². The number of nitrogens with one attached hydrogen (secondary N) is 1. The minimum absolute atomic E-state index is 0.0664. The lowest BCUT2D eigenvalue weighted by Gasteiger charge is -2.41. The average molecular weight is 381 g/mol. The Kier molecular flexibility index (Phi) is 4.24. The van der Waals surface area contributed by atoms with Gasteiger partial charge in [0.15, 0.2) is 16.5 Å². The summed E-state index contributed by atoms with van der Waals surface area (Å²) in [6.45, 7) is 0.419. The summed E-state index contributed by atoms with van der Waals surface area (Å²) in [5.41, 5.74) is -0.737. The first-order valence-electron chi connectivity index (χ1n) is 8.06. The predicted octanol–water partition coefficient (Wildman–Crippen LogP) is 2.88. The highest BCUT2D eigenvalue weighted by Gasteiger charge is 2.61. The van der Waals surface area contributed by atoms with E-state index in [-0.39, 0.29) is 30.5 Å². The Morgan fingerprint density at radius 3 is 2.85 bits per heavy atom. The normalized spacial score (nSPS) is 24.4. The number of amides is 1. The fraction of sp³-hybridized carbons (Fsp3) is 0.353. The van der Waals surface area contributed by atoms with Gasteiger partial charge in [0, 0.05) is 19.0 Å². The maximum Gasteiger partial charge on any atom is 0.270 e. The molecule has 1 saturated heterocycles. The van der Waals surface area contributed by atoms with Gasteiger partial charge in [0.1, 0.15) is 0 Å². The maximum absolute atomic E-state index is 14.0. The highest BCUT2D eigenvalue weighted by Crippen LogP contribution is 2.46. The molecule has 2 atom stereocenters. The van der Waals surface area contributed by atoms with Crippen molar-refractivity contribution in [3.63, 3.8) is 0 Å². The molecule has 0 spiro atoms. The molecule has 3 heterocycles. The van der Waals surface area contributed by atoms with Gasteiger partial charge in [0.2, 0.25) is 0 Å². The number of carbonyl (C=O) groups is 1. The summed E-state index contributed by atoms with van der Waals surface area (Å²) < 4.78 is 33.9. The zero-order valence-corrected chi connectivity index (χ0v) is 14.3. The predicted molar refractivity (Wildman–Crippen MR) is 91.4 cm³/mol. The molecule has 0 radical (unpaired) electrons. The standard InChI is InChI=1S/C17H15ClF2N4O2/c18-13-6-12-14(23-22-13)21-16(25)17(15(19)20)7-11(8-24(12)17)26-9-10-4-2-1-3-5-10/h1-6,11,15H,7-9H2,(H,21,23,25)/t11-,17-/m0/s1. The fourth-order valence-electron chi connectivity index (χ4n) is 3.49. The highest BCUT2D eigenvalue weighted by atomic mass is 35.5. The molecule has 1 N–H and O–H groups in total. The molecule has 2 aliphatic rings. The topological polar surface area (TPSA) is 67.4 Å². The zero-order chi connectivity index (χ0) is 18.3. The molecule has 1 fully saturated rings. The molecule has 0 aliphatic carbocycles. The number of aromatic nitrogens is 2. The summed E-state index contributed by atoms with van der Waals surface area (Å²) in [5, 5.41) is 9.95. The Morgan fingerprint density at radius 2 is 2.12 bits per heavy atom. The lowest BCUT2D eigenvalue weighted by Crippen LogP contribution is -2.61. The van der Waals surface area contributed by atoms with Crippen LogP contribution in [0.5, 0.6) is 0 Å². The number of halogens is 3. The molecule has 1 aromatic carbocycles. The molecule has 0 unspecified atom stereocenters. The van der Waals surface area contributed by atoms with Crippen LogP contribution >= 0.6 is 11.6 Å². The number of carbonyl (C=O) groups excluding carboxylic acids is 1. The van der Waals surface area contributed by atoms with Crippen molar-refractivity contribution in [1.82, 2.24) is 10.2 Å². The monoisotopic (exact) mass is 380 g/mol. The summed E-state index contributed by atoms with van der Waals surface area (Å²) in [6.07, 6.45) is -3.55. The SMILES string of the molecule is O=C1Nc2nnc(Cl)cc2N2C[C@@H](OCc3ccccc3)C[C@]12C(F)F. The van der Waals surface area contributed by atoms with E-state index in [2.05, 4.69) is 15.5 Å². The third kappa shape index (κ3) is 2.69. The van der Waals surface area contributed by atoms with Crippen molar-refractivity contribution < 1.29 is 18.3 Å². The van der Waals surface area contributed by atoms with Crippen molar-refractivity contribution in [2.24, 2.45) is 0 Å². The number of hydrogen-bond acceptors (Lipinski definition) is 5. The van der Waals surface area contributed by atoms with E-state index in [1.54, 1.807) is 0 Å². The summed E-state index contributed by atoms with van der Waals surface area (Å²) in [5.74, 6) is -0.679. The van der Waals surface area contributed by atoms with Crippen LogP contribution in [0.4, 0.5) is 20.3 Å². The maximum atomic E-state index is 14.0. The summed E-state index contributed by atoms with van der Waals surface area (Å²) in [4.78, 5) is 13.9. The van der Waals surface area contributed by atoms with E-state index < -0.39 is 24.0 Å². The highest BCUT2D eigenvalue weighted by molar-refractivity contribution is 6.29. The number of nitrogens with zero attached hydrogens (tertiary/aromatic N) is 3. The Labute approximate surface area is 153 Å². The van der Waals surface area contributed by atoms with Crippen LogP contribution in [0.3, 0.4) is 0 Å². The minimum atomic E-state index is -2.90. The van der Waals surface area contributed by atoms with Crippen molar-refractivity contribution in [3.05, 3.63) is 47.1 Å². The van der Waals surface area contributed by atoms with Crippen LogP contribution in [0.25, 0.3) is 0 Å². The number of alkyl halides is 2. The van der Waals surface area contributed by atoms with Gasteiger partial charge >= 0.3 is 0 Å². The van der Waals surface area contributed by atoms with E-state index in [9.17, 15) is 13.6 Å². The van der Waals surface area contributed by atoms with Gasteiger partial charge in [-0.1, -0.05) is 41.9 Å². The number of rotatable bonds is 4. The first-order valence-corrected chi connectivity index (χ1v) is 8.44. The second-order valence-corrected chi connectivity index (χ2v) is 6.70. The number of ether oxygens (including phenoxy) is 1. The van der Waals surface area contributed by atoms with Crippen molar-refractivity contribution in [2.75, 3.05) is 16.8 Å². The second-order valence-electron chi connectivity index (χ2n) is 6.31. The summed E-state index contributed by atoms with van der Waals surface area (Å²) in [6, 6.07) is 10.9. The Bertz CT molecular complexity index is 839. The van der Waals surface area contributed by atoms with Crippen LogP contribution in [0.2, 0.25) is 5.15 Å². The number of hydrogen-bond donors (Lipinski definition) is 1. The molecule has 2 aliphatic heterocycles. The third-order valence-electron chi connectivity index (χ3n) is 4.76. The zero-order valence-electron chi connectivity index (χ0n) is 13.5. The molecular formula is C17H15ClF2N4O2. The van der Waals surface area contributed by atoms with E-state index in [0.717, 1.165) is 5.56 Å². The Morgan fingerprint density at radius 1 is 1.35 bits per heavy atom. The number of fused-ring (bicyclic) bond motifs is 3. The fourth-order valence-corrected chi connectivity index (χ4v) is 3.63. The molecule has 1 amide bonds. The number of benzene rings is 1. The van der Waals surface area contributed by atoms with Crippen LogP contribution in [0.1, 0.15) is 12.0 Å². The van der Waals surface area contributed by atoms with Gasteiger partial charge in [-0.2, -0.15) is 0 Å². The molecule has 26 heavy (non-hydrogen) atoms. The molecule has 4 rings (SSSR count). The largest absolute Gasteiger partial charge is 0.372 e. The lowest BCUT2D eigenvalue weighted by molar-refractivity contribution is -0.127. The van der Waals surface area contributed by atoms with Crippen molar-refractivity contribution >= 4 is 29.0 Å². The van der Waals surface area contributed by atoms with Crippen LogP contribution in [-0.2, 0) is 16.1 Å². The van der Waals surface area contributed by atoms with Gasteiger partial charge < -0.3 is 15.0 Å². The Balaban J connectivity index is 1.63. The second kappa shape index (κ2) is 6.44. The van der Waals surface area contributed by atoms with Gasteiger partial charge in [-0.3, -0.25) is 4.79 Å². The van der Waals surface area contributed by atoms with Gasteiger partial charge in [-0.05, 0) is 5.56 Å². The van der Waals surface area contributed by atoms with E-state index in [4.69, 9.17) is 16.3 Å². The molecule has 9 heteroatoms. The first kappa shape index (κ1) is 17.1. The van der Waals surface area contributed by atoms with Gasteiger partial charge in [0.25, 0.3) is 12.3 Å². The molecule has 136 valence electrons. The van der Waals surface area contributed by atoms with Crippen molar-refractivity contribution in [3.8, 4) is 0 Å². The van der Waals surface area contributed by atoms with Gasteiger partial charge in [-0.15, -0.1) is 10.2 Å². The van der Waals surface area contributed by atoms with Crippen molar-refractivity contribution in [2.45, 2.75) is 31.1 Å². The van der Waals surface area contributed by atoms with Crippen LogP contribution < -0.4 is 10.2 Å². The van der Waals surface area contributed by atoms with E-state index in [0.29, 0.717) is 5.69 Å². The van der Waals surface area contributed by atoms with E-state index in [1.165, 1.54) is 11.0 Å². The van der Waals surface area contributed by atoms with Crippen LogP contribution in [0, 0.1) is 0 Å². The number of anilines is 2. The van der Waals surface area contributed by atoms with E-state index >= 15 is 0 Å². The summed E-state index contributed by atoms with van der Waals surface area (Å²) >= 11 is 5.87. The molecular weight excluding hydrogens is 366 g/mol. The molecule has 2 aromatic rings. The van der Waals surface area contributed by atoms with Gasteiger partial charge in [0.05, 0.1) is 18.4 Å². The summed E-state index contributed by atoms with van der Waals surface area (Å²) in [7, 11) is 0. The Hall–Kier alpha value is -2.32. The molecule has 0 saturated carbocycles. The minimum Gasteiger partial charge on any atom is -0.372 e. The quantitative estimate of drug-likeness (QED) is 0.883. The smallest absolute Gasteiger partial charge is 0.270 e. The first-order chi connectivity index (χ1) is 12.5. The lowest BCUT2D eigenvalue weighted by atomic mass is 9.92.